The Morgan fingerprint density at radius 3 is 2.49 bits per heavy atom. The van der Waals surface area contributed by atoms with E-state index in [2.05, 4.69) is 4.57 Å². The second kappa shape index (κ2) is 11.4. The Balaban J connectivity index is 1.55. The molecule has 0 N–H and O–H groups in total. The first-order valence-electron chi connectivity index (χ1n) is 13.9. The lowest BCUT2D eigenvalue weighted by molar-refractivity contribution is -0.143. The minimum atomic E-state index is -0.731. The van der Waals surface area contributed by atoms with E-state index in [4.69, 9.17) is 21.3 Å². The second-order valence-electron chi connectivity index (χ2n) is 10.8. The van der Waals surface area contributed by atoms with Gasteiger partial charge in [-0.2, -0.15) is 0 Å². The van der Waals surface area contributed by atoms with Gasteiger partial charge in [0, 0.05) is 32.7 Å². The maximum atomic E-state index is 14.6. The number of rotatable bonds is 6. The predicted octanol–water partition coefficient (Wildman–Crippen LogP) is 6.29. The molecule has 43 heavy (non-hydrogen) atoms. The number of hydrogen-bond donors (Lipinski definition) is 0. The Hall–Kier alpha value is -4.27. The summed E-state index contributed by atoms with van der Waals surface area (Å²) in [5.74, 6) is -0.781. The average molecular weight is 614 g/mol. The van der Waals surface area contributed by atoms with E-state index in [9.17, 15) is 14.0 Å². The van der Waals surface area contributed by atoms with Crippen LogP contribution in [0.25, 0.3) is 17.0 Å². The van der Waals surface area contributed by atoms with Crippen LogP contribution in [0, 0.1) is 12.7 Å². The van der Waals surface area contributed by atoms with Crippen molar-refractivity contribution in [3.8, 4) is 0 Å². The van der Waals surface area contributed by atoms with Gasteiger partial charge in [-0.05, 0) is 63.6 Å². The van der Waals surface area contributed by atoms with Gasteiger partial charge in [-0.1, -0.05) is 71.5 Å². The number of benzene rings is 3. The van der Waals surface area contributed by atoms with Crippen LogP contribution >= 0.6 is 22.9 Å². The number of ether oxygens (including phenoxy) is 1. The van der Waals surface area contributed by atoms with Gasteiger partial charge in [0.2, 0.25) is 0 Å². The number of hydrogen-bond acceptors (Lipinski definition) is 5. The van der Waals surface area contributed by atoms with Gasteiger partial charge >= 0.3 is 5.97 Å². The van der Waals surface area contributed by atoms with Crippen molar-refractivity contribution in [2.75, 3.05) is 0 Å². The zero-order valence-corrected chi connectivity index (χ0v) is 25.7. The summed E-state index contributed by atoms with van der Waals surface area (Å²) >= 11 is 7.45. The third-order valence-electron chi connectivity index (χ3n) is 7.61. The number of aromatic nitrogens is 2. The highest BCUT2D eigenvalue weighted by Gasteiger charge is 2.34. The summed E-state index contributed by atoms with van der Waals surface area (Å²) in [5, 5.41) is 1.50. The largest absolute Gasteiger partial charge is 0.459 e. The van der Waals surface area contributed by atoms with Crippen LogP contribution in [0.1, 0.15) is 49.2 Å². The maximum Gasteiger partial charge on any atom is 0.338 e. The van der Waals surface area contributed by atoms with E-state index in [1.807, 2.05) is 55.5 Å². The normalized spacial score (nSPS) is 15.2. The van der Waals surface area contributed by atoms with Crippen LogP contribution in [0.5, 0.6) is 0 Å². The zero-order chi connectivity index (χ0) is 30.4. The Morgan fingerprint density at radius 2 is 1.77 bits per heavy atom. The molecule has 0 radical (unpaired) electrons. The molecular weight excluding hydrogens is 585 g/mol. The van der Waals surface area contributed by atoms with Gasteiger partial charge in [-0.15, -0.1) is 0 Å². The lowest BCUT2D eigenvalue weighted by Gasteiger charge is -2.25. The smallest absolute Gasteiger partial charge is 0.338 e. The highest BCUT2D eigenvalue weighted by molar-refractivity contribution is 7.07. The number of esters is 1. The molecule has 0 saturated carbocycles. The molecule has 1 atom stereocenters. The molecule has 5 aromatic rings. The van der Waals surface area contributed by atoms with Crippen LogP contribution in [0.15, 0.2) is 93.9 Å². The predicted molar refractivity (Wildman–Crippen MR) is 169 cm³/mol. The Morgan fingerprint density at radius 1 is 1.07 bits per heavy atom. The molecule has 0 spiro atoms. The molecule has 0 saturated heterocycles. The molecule has 6 nitrogen and oxygen atoms in total. The van der Waals surface area contributed by atoms with Crippen molar-refractivity contribution in [2.45, 2.75) is 46.4 Å². The van der Waals surface area contributed by atoms with E-state index in [1.165, 1.54) is 17.4 Å². The van der Waals surface area contributed by atoms with Crippen LogP contribution in [0.4, 0.5) is 4.39 Å². The number of halogens is 2. The molecule has 9 heteroatoms. The van der Waals surface area contributed by atoms with Crippen molar-refractivity contribution in [1.82, 2.24) is 9.13 Å². The van der Waals surface area contributed by atoms with E-state index in [0.29, 0.717) is 37.7 Å². The van der Waals surface area contributed by atoms with Crippen LogP contribution in [0.3, 0.4) is 0 Å². The number of carbonyl (C=O) groups is 1. The molecule has 1 unspecified atom stereocenters. The Bertz CT molecular complexity index is 2110. The van der Waals surface area contributed by atoms with E-state index in [1.54, 1.807) is 49.6 Å². The van der Waals surface area contributed by atoms with Gasteiger partial charge in [-0.25, -0.2) is 14.2 Å². The van der Waals surface area contributed by atoms with Gasteiger partial charge in [-0.3, -0.25) is 9.36 Å². The highest BCUT2D eigenvalue weighted by Crippen LogP contribution is 2.32. The summed E-state index contributed by atoms with van der Waals surface area (Å²) in [6.45, 7) is 7.66. The highest BCUT2D eigenvalue weighted by atomic mass is 35.5. The minimum Gasteiger partial charge on any atom is -0.459 e. The molecule has 0 amide bonds. The topological polar surface area (TPSA) is 65.6 Å². The number of carbonyl (C=O) groups excluding carboxylic acids is 1. The van der Waals surface area contributed by atoms with Crippen molar-refractivity contribution in [3.63, 3.8) is 0 Å². The van der Waals surface area contributed by atoms with Crippen LogP contribution in [0.2, 0.25) is 5.02 Å². The minimum absolute atomic E-state index is 0.265. The van der Waals surface area contributed by atoms with Gasteiger partial charge in [0.25, 0.3) is 5.56 Å². The molecular formula is C34H29ClFN3O3S. The number of fused-ring (bicyclic) bond motifs is 2. The van der Waals surface area contributed by atoms with E-state index in [0.717, 1.165) is 27.7 Å². The lowest BCUT2D eigenvalue weighted by Crippen LogP contribution is -2.40. The Labute approximate surface area is 256 Å². The Kier molecular flexibility index (Phi) is 7.66. The molecule has 1 aliphatic heterocycles. The molecule has 0 bridgehead atoms. The third-order valence-corrected chi connectivity index (χ3v) is 8.85. The zero-order valence-electron chi connectivity index (χ0n) is 24.1. The summed E-state index contributed by atoms with van der Waals surface area (Å²) in [4.78, 5) is 32.7. The molecule has 3 aromatic carbocycles. The van der Waals surface area contributed by atoms with Gasteiger partial charge in [0.05, 0.1) is 34.5 Å². The molecule has 218 valence electrons. The quantitative estimate of drug-likeness (QED) is 0.211. The summed E-state index contributed by atoms with van der Waals surface area (Å²) in [6.07, 6.45) is 1.54. The van der Waals surface area contributed by atoms with Crippen LogP contribution < -0.4 is 14.9 Å². The summed E-state index contributed by atoms with van der Waals surface area (Å²) in [6, 6.07) is 21.0. The third kappa shape index (κ3) is 5.26. The lowest BCUT2D eigenvalue weighted by atomic mass is 9.96. The maximum absolute atomic E-state index is 14.6. The van der Waals surface area contributed by atoms with Crippen LogP contribution in [-0.2, 0) is 16.1 Å². The summed E-state index contributed by atoms with van der Waals surface area (Å²) < 4.78 is 24.3. The van der Waals surface area contributed by atoms with Gasteiger partial charge < -0.3 is 9.30 Å². The second-order valence-corrected chi connectivity index (χ2v) is 12.2. The number of nitrogens with zero attached hydrogens (tertiary/aromatic N) is 3. The fraction of sp³-hybridized carbons (Fsp3) is 0.206. The van der Waals surface area contributed by atoms with Gasteiger partial charge in [0.1, 0.15) is 5.82 Å². The van der Waals surface area contributed by atoms with Crippen molar-refractivity contribution < 1.29 is 13.9 Å². The number of thiazole rings is 1. The fourth-order valence-electron chi connectivity index (χ4n) is 5.59. The first-order valence-corrected chi connectivity index (χ1v) is 15.1. The first-order chi connectivity index (χ1) is 20.6. The van der Waals surface area contributed by atoms with E-state index >= 15 is 0 Å². The summed E-state index contributed by atoms with van der Waals surface area (Å²) in [7, 11) is 0. The number of para-hydroxylation sites is 1. The first kappa shape index (κ1) is 28.8. The van der Waals surface area contributed by atoms with Crippen molar-refractivity contribution in [2.24, 2.45) is 4.99 Å². The van der Waals surface area contributed by atoms with Crippen molar-refractivity contribution in [3.05, 3.63) is 137 Å². The average Bonchev–Trinajstić information content (AvgIpc) is 3.42. The standard InChI is InChI=1S/C34H29ClFN3O3S/c1-19(2)42-33(41)30-20(3)37-34-39(31(30)22-13-15-24(35)16-14-22)32(40)29(43-34)17-26-21(4)38(28-12-8-6-10-25(26)28)18-23-9-5-7-11-27(23)36/h5-17,19,31H,18H2,1-4H3. The monoisotopic (exact) mass is 613 g/mol. The molecule has 1 aliphatic rings. The molecule has 0 fully saturated rings. The number of allylic oxidation sites excluding steroid dienone is 1. The molecule has 6 rings (SSSR count). The van der Waals surface area contributed by atoms with E-state index < -0.39 is 12.0 Å². The molecule has 2 aromatic heterocycles. The SMILES string of the molecule is CC1=C(C(=O)OC(C)C)C(c2ccc(Cl)cc2)n2c(sc(=Cc3c(C)n(Cc4ccccc4F)c4ccccc34)c2=O)=N1. The fourth-order valence-corrected chi connectivity index (χ4v) is 6.75. The summed E-state index contributed by atoms with van der Waals surface area (Å²) in [5.41, 5.74) is 4.56. The van der Waals surface area contributed by atoms with E-state index in [-0.39, 0.29) is 17.5 Å². The molecule has 3 heterocycles. The van der Waals surface area contributed by atoms with Crippen molar-refractivity contribution in [1.29, 1.82) is 0 Å². The van der Waals surface area contributed by atoms with Gasteiger partial charge in [0.15, 0.2) is 4.80 Å². The van der Waals surface area contributed by atoms with Crippen molar-refractivity contribution >= 4 is 45.9 Å². The van der Waals surface area contributed by atoms with Crippen LogP contribution in [-0.4, -0.2) is 21.2 Å². The molecule has 0 aliphatic carbocycles.